The summed E-state index contributed by atoms with van der Waals surface area (Å²) in [5.74, 6) is 0.424. The van der Waals surface area contributed by atoms with Crippen molar-refractivity contribution < 1.29 is 9.53 Å². The third kappa shape index (κ3) is 6.06. The molecule has 2 aromatic heterocycles. The minimum absolute atomic E-state index is 0.0734. The number of amides is 1. The van der Waals surface area contributed by atoms with Crippen molar-refractivity contribution in [1.82, 2.24) is 14.9 Å². The molecule has 228 valence electrons. The minimum atomic E-state index is -0.229. The Bertz CT molecular complexity index is 1820. The van der Waals surface area contributed by atoms with Gasteiger partial charge < -0.3 is 24.8 Å². The standard InChI is InChI=1S/C37H37N5O2S/c1-5-27-13-11-12-24(2)35(27)41-25(3)22-31(26(41)4)36-34(32-16-9-10-21-38-32)40-37(45)42(36)29-19-17-28(18-20-29)39-33(43)23-44-30-14-7-6-8-15-30/h6-22,34,36H,5,23H2,1-4H3,(H,39,43)(H,40,45). The van der Waals surface area contributed by atoms with E-state index < -0.39 is 0 Å². The van der Waals surface area contributed by atoms with Gasteiger partial charge >= 0.3 is 0 Å². The maximum atomic E-state index is 12.6. The largest absolute Gasteiger partial charge is 0.484 e. The quantitative estimate of drug-likeness (QED) is 0.167. The topological polar surface area (TPSA) is 71.4 Å². The zero-order valence-electron chi connectivity index (χ0n) is 26.0. The van der Waals surface area contributed by atoms with E-state index in [0.29, 0.717) is 16.5 Å². The van der Waals surface area contributed by atoms with Crippen molar-refractivity contribution in [2.24, 2.45) is 0 Å². The van der Waals surface area contributed by atoms with Crippen LogP contribution in [0.5, 0.6) is 5.75 Å². The Morgan fingerprint density at radius 3 is 2.42 bits per heavy atom. The lowest BCUT2D eigenvalue weighted by Gasteiger charge is -2.28. The van der Waals surface area contributed by atoms with E-state index in [2.05, 4.69) is 72.1 Å². The fourth-order valence-corrected chi connectivity index (χ4v) is 6.62. The van der Waals surface area contributed by atoms with Gasteiger partial charge in [-0.3, -0.25) is 9.78 Å². The van der Waals surface area contributed by atoms with Gasteiger partial charge in [0.15, 0.2) is 11.7 Å². The van der Waals surface area contributed by atoms with E-state index in [9.17, 15) is 4.79 Å². The lowest BCUT2D eigenvalue weighted by Crippen LogP contribution is -2.29. The molecule has 45 heavy (non-hydrogen) atoms. The molecule has 6 rings (SSSR count). The van der Waals surface area contributed by atoms with Gasteiger partial charge in [-0.2, -0.15) is 0 Å². The van der Waals surface area contributed by atoms with E-state index in [1.165, 1.54) is 33.8 Å². The smallest absolute Gasteiger partial charge is 0.262 e. The second kappa shape index (κ2) is 13.0. The van der Waals surface area contributed by atoms with Crippen LogP contribution in [-0.4, -0.2) is 27.2 Å². The molecule has 1 fully saturated rings. The number of pyridine rings is 1. The molecule has 0 radical (unpaired) electrons. The number of benzene rings is 3. The van der Waals surface area contributed by atoms with E-state index in [1.807, 2.05) is 79.0 Å². The number of nitrogens with zero attached hydrogens (tertiary/aromatic N) is 3. The van der Waals surface area contributed by atoms with Crippen LogP contribution in [0.15, 0.2) is 103 Å². The van der Waals surface area contributed by atoms with Crippen molar-refractivity contribution in [2.75, 3.05) is 16.8 Å². The fraction of sp³-hybridized carbons (Fsp3) is 0.216. The van der Waals surface area contributed by atoms with Crippen LogP contribution < -0.4 is 20.3 Å². The molecule has 1 amide bonds. The van der Waals surface area contributed by atoms with Crippen molar-refractivity contribution in [3.8, 4) is 11.4 Å². The first-order valence-corrected chi connectivity index (χ1v) is 15.6. The second-order valence-electron chi connectivity index (χ2n) is 11.3. The number of hydrogen-bond donors (Lipinski definition) is 2. The first-order chi connectivity index (χ1) is 21.9. The number of aromatic nitrogens is 2. The van der Waals surface area contributed by atoms with Crippen molar-refractivity contribution in [3.63, 3.8) is 0 Å². The number of carbonyl (C=O) groups is 1. The van der Waals surface area contributed by atoms with E-state index in [4.69, 9.17) is 21.9 Å². The van der Waals surface area contributed by atoms with Crippen molar-refractivity contribution in [2.45, 2.75) is 46.2 Å². The first-order valence-electron chi connectivity index (χ1n) is 15.2. The van der Waals surface area contributed by atoms with E-state index in [0.717, 1.165) is 17.8 Å². The average molecular weight is 616 g/mol. The molecule has 2 unspecified atom stereocenters. The van der Waals surface area contributed by atoms with Crippen LogP contribution in [0.1, 0.15) is 52.8 Å². The number of ether oxygens (including phenoxy) is 1. The zero-order chi connectivity index (χ0) is 31.5. The summed E-state index contributed by atoms with van der Waals surface area (Å²) in [5, 5.41) is 7.13. The Hall–Kier alpha value is -4.95. The number of para-hydroxylation sites is 2. The summed E-state index contributed by atoms with van der Waals surface area (Å²) in [4.78, 5) is 19.5. The highest BCUT2D eigenvalue weighted by atomic mass is 32.1. The third-order valence-electron chi connectivity index (χ3n) is 8.36. The summed E-state index contributed by atoms with van der Waals surface area (Å²) in [6.45, 7) is 8.67. The van der Waals surface area contributed by atoms with Gasteiger partial charge in [0.25, 0.3) is 5.91 Å². The highest BCUT2D eigenvalue weighted by Gasteiger charge is 2.42. The number of nitrogens with one attached hydrogen (secondary N) is 2. The van der Waals surface area contributed by atoms with Crippen molar-refractivity contribution in [1.29, 1.82) is 0 Å². The molecule has 2 atom stereocenters. The van der Waals surface area contributed by atoms with Crippen LogP contribution in [0.2, 0.25) is 0 Å². The Kier molecular flexibility index (Phi) is 8.67. The van der Waals surface area contributed by atoms with Gasteiger partial charge in [0.2, 0.25) is 0 Å². The van der Waals surface area contributed by atoms with Crippen LogP contribution in [0.4, 0.5) is 11.4 Å². The van der Waals surface area contributed by atoms with Crippen LogP contribution >= 0.6 is 12.2 Å². The Morgan fingerprint density at radius 2 is 1.71 bits per heavy atom. The SMILES string of the molecule is CCc1cccc(C)c1-n1c(C)cc(C2C(c3ccccn3)NC(=S)N2c2ccc(NC(=O)COc3ccccc3)cc2)c1C. The maximum Gasteiger partial charge on any atom is 0.262 e. The molecular formula is C37H37N5O2S. The summed E-state index contributed by atoms with van der Waals surface area (Å²) in [6.07, 6.45) is 2.77. The number of hydrogen-bond acceptors (Lipinski definition) is 4. The number of rotatable bonds is 9. The predicted octanol–water partition coefficient (Wildman–Crippen LogP) is 7.55. The van der Waals surface area contributed by atoms with Crippen LogP contribution in [-0.2, 0) is 11.2 Å². The summed E-state index contributed by atoms with van der Waals surface area (Å²) in [6, 6.07) is 31.6. The fourth-order valence-electron chi connectivity index (χ4n) is 6.27. The van der Waals surface area contributed by atoms with Gasteiger partial charge in [-0.05, 0) is 111 Å². The molecule has 0 bridgehead atoms. The highest BCUT2D eigenvalue weighted by Crippen LogP contribution is 2.44. The number of anilines is 2. The minimum Gasteiger partial charge on any atom is -0.484 e. The molecule has 0 spiro atoms. The number of carbonyl (C=O) groups excluding carboxylic acids is 1. The van der Waals surface area contributed by atoms with Gasteiger partial charge in [-0.15, -0.1) is 0 Å². The molecule has 2 N–H and O–H groups in total. The third-order valence-corrected chi connectivity index (χ3v) is 8.67. The number of aryl methyl sites for hydroxylation is 3. The predicted molar refractivity (Wildman–Crippen MR) is 184 cm³/mol. The Balaban J connectivity index is 1.33. The average Bonchev–Trinajstić information content (AvgIpc) is 3.55. The van der Waals surface area contributed by atoms with Gasteiger partial charge in [0.1, 0.15) is 5.75 Å². The summed E-state index contributed by atoms with van der Waals surface area (Å²) < 4.78 is 7.98. The molecule has 1 aliphatic heterocycles. The normalized spacial score (nSPS) is 16.0. The van der Waals surface area contributed by atoms with E-state index in [-0.39, 0.29) is 24.6 Å². The van der Waals surface area contributed by atoms with Crippen LogP contribution in [0.3, 0.4) is 0 Å². The Labute approximate surface area is 269 Å². The van der Waals surface area contributed by atoms with Gasteiger partial charge in [0, 0.05) is 29.0 Å². The lowest BCUT2D eigenvalue weighted by atomic mass is 9.96. The Morgan fingerprint density at radius 1 is 0.956 bits per heavy atom. The van der Waals surface area contributed by atoms with Crippen molar-refractivity contribution in [3.05, 3.63) is 137 Å². The van der Waals surface area contributed by atoms with Crippen molar-refractivity contribution >= 4 is 34.6 Å². The van der Waals surface area contributed by atoms with Gasteiger partial charge in [-0.1, -0.05) is 49.4 Å². The van der Waals surface area contributed by atoms with E-state index in [1.54, 1.807) is 0 Å². The molecule has 1 aliphatic rings. The van der Waals surface area contributed by atoms with E-state index >= 15 is 0 Å². The highest BCUT2D eigenvalue weighted by molar-refractivity contribution is 7.80. The summed E-state index contributed by atoms with van der Waals surface area (Å²) in [7, 11) is 0. The summed E-state index contributed by atoms with van der Waals surface area (Å²) in [5.41, 5.74) is 9.83. The van der Waals surface area contributed by atoms with Gasteiger partial charge in [-0.25, -0.2) is 0 Å². The molecule has 0 aliphatic carbocycles. The molecule has 3 heterocycles. The maximum absolute atomic E-state index is 12.6. The monoisotopic (exact) mass is 615 g/mol. The molecule has 8 heteroatoms. The lowest BCUT2D eigenvalue weighted by molar-refractivity contribution is -0.118. The number of thiocarbonyl (C=S) groups is 1. The first kappa shape index (κ1) is 30.1. The molecular weight excluding hydrogens is 579 g/mol. The zero-order valence-corrected chi connectivity index (χ0v) is 26.8. The van der Waals surface area contributed by atoms with Crippen LogP contribution in [0, 0.1) is 20.8 Å². The molecule has 1 saturated heterocycles. The van der Waals surface area contributed by atoms with Crippen LogP contribution in [0.25, 0.3) is 5.69 Å². The molecule has 3 aromatic carbocycles. The molecule has 5 aromatic rings. The van der Waals surface area contributed by atoms with Gasteiger partial charge in [0.05, 0.1) is 23.5 Å². The second-order valence-corrected chi connectivity index (χ2v) is 11.7. The molecule has 7 nitrogen and oxygen atoms in total. The summed E-state index contributed by atoms with van der Waals surface area (Å²) >= 11 is 5.99. The molecule has 0 saturated carbocycles.